The summed E-state index contributed by atoms with van der Waals surface area (Å²) in [4.78, 5) is 11.3. The SMILES string of the molecule is CN(CC1CCCC1)c1cc(N)nc(C(C)(C)C)n1. The molecule has 106 valence electrons. The van der Waals surface area contributed by atoms with Crippen molar-refractivity contribution in [2.45, 2.75) is 51.9 Å². The van der Waals surface area contributed by atoms with E-state index in [2.05, 4.69) is 42.7 Å². The molecule has 1 aromatic heterocycles. The van der Waals surface area contributed by atoms with Crippen LogP contribution in [0, 0.1) is 5.92 Å². The van der Waals surface area contributed by atoms with E-state index in [1.54, 1.807) is 0 Å². The van der Waals surface area contributed by atoms with Crippen LogP contribution in [0.3, 0.4) is 0 Å². The van der Waals surface area contributed by atoms with E-state index in [9.17, 15) is 0 Å². The lowest BCUT2D eigenvalue weighted by atomic mass is 9.96. The van der Waals surface area contributed by atoms with Crippen molar-refractivity contribution in [3.8, 4) is 0 Å². The fourth-order valence-electron chi connectivity index (χ4n) is 2.66. The van der Waals surface area contributed by atoms with Gasteiger partial charge in [-0.1, -0.05) is 33.6 Å². The number of hydrogen-bond donors (Lipinski definition) is 1. The zero-order chi connectivity index (χ0) is 14.0. The number of nitrogens with two attached hydrogens (primary N) is 1. The molecule has 0 bridgehead atoms. The molecular formula is C15H26N4. The Balaban J connectivity index is 2.16. The molecule has 1 aliphatic rings. The Labute approximate surface area is 116 Å². The highest BCUT2D eigenvalue weighted by Gasteiger charge is 2.21. The van der Waals surface area contributed by atoms with Crippen LogP contribution in [-0.2, 0) is 5.41 Å². The molecule has 19 heavy (non-hydrogen) atoms. The molecule has 2 rings (SSSR count). The highest BCUT2D eigenvalue weighted by atomic mass is 15.2. The van der Waals surface area contributed by atoms with Gasteiger partial charge in [0.25, 0.3) is 0 Å². The summed E-state index contributed by atoms with van der Waals surface area (Å²) in [6.07, 6.45) is 5.43. The maximum absolute atomic E-state index is 5.92. The van der Waals surface area contributed by atoms with E-state index in [0.717, 1.165) is 24.1 Å². The van der Waals surface area contributed by atoms with Crippen LogP contribution in [0.1, 0.15) is 52.3 Å². The Morgan fingerprint density at radius 2 is 1.89 bits per heavy atom. The summed E-state index contributed by atoms with van der Waals surface area (Å²) < 4.78 is 0. The van der Waals surface area contributed by atoms with Crippen LogP contribution in [0.15, 0.2) is 6.07 Å². The lowest BCUT2D eigenvalue weighted by Crippen LogP contribution is -2.27. The van der Waals surface area contributed by atoms with Crippen molar-refractivity contribution in [2.24, 2.45) is 5.92 Å². The molecule has 0 atom stereocenters. The largest absolute Gasteiger partial charge is 0.384 e. The maximum atomic E-state index is 5.92. The van der Waals surface area contributed by atoms with Crippen LogP contribution in [0.2, 0.25) is 0 Å². The van der Waals surface area contributed by atoms with E-state index in [1.807, 2.05) is 6.07 Å². The van der Waals surface area contributed by atoms with Crippen molar-refractivity contribution in [1.29, 1.82) is 0 Å². The van der Waals surface area contributed by atoms with Crippen molar-refractivity contribution in [3.63, 3.8) is 0 Å². The van der Waals surface area contributed by atoms with Gasteiger partial charge >= 0.3 is 0 Å². The first-order valence-electron chi connectivity index (χ1n) is 7.22. The number of nitrogens with zero attached hydrogens (tertiary/aromatic N) is 3. The van der Waals surface area contributed by atoms with Gasteiger partial charge in [-0.25, -0.2) is 9.97 Å². The van der Waals surface area contributed by atoms with Crippen molar-refractivity contribution in [1.82, 2.24) is 9.97 Å². The van der Waals surface area contributed by atoms with Gasteiger partial charge in [-0.15, -0.1) is 0 Å². The molecule has 0 spiro atoms. The van der Waals surface area contributed by atoms with Crippen LogP contribution < -0.4 is 10.6 Å². The molecule has 0 radical (unpaired) electrons. The number of hydrogen-bond acceptors (Lipinski definition) is 4. The lowest BCUT2D eigenvalue weighted by Gasteiger charge is -2.24. The average molecular weight is 262 g/mol. The first kappa shape index (κ1) is 14.1. The Morgan fingerprint density at radius 1 is 1.26 bits per heavy atom. The van der Waals surface area contributed by atoms with E-state index in [0.29, 0.717) is 5.82 Å². The fourth-order valence-corrected chi connectivity index (χ4v) is 2.66. The minimum atomic E-state index is -0.0711. The second-order valence-corrected chi connectivity index (χ2v) is 6.76. The molecule has 1 fully saturated rings. The molecule has 1 saturated carbocycles. The molecule has 0 aliphatic heterocycles. The monoisotopic (exact) mass is 262 g/mol. The summed E-state index contributed by atoms with van der Waals surface area (Å²) in [6.45, 7) is 7.41. The zero-order valence-electron chi connectivity index (χ0n) is 12.6. The first-order valence-corrected chi connectivity index (χ1v) is 7.22. The Morgan fingerprint density at radius 3 is 2.47 bits per heavy atom. The molecule has 1 aromatic rings. The van der Waals surface area contributed by atoms with Gasteiger partial charge in [0.05, 0.1) is 0 Å². The molecule has 0 unspecified atom stereocenters. The zero-order valence-corrected chi connectivity index (χ0v) is 12.6. The maximum Gasteiger partial charge on any atom is 0.138 e. The van der Waals surface area contributed by atoms with Crippen molar-refractivity contribution in [2.75, 3.05) is 24.2 Å². The molecule has 1 heterocycles. The summed E-state index contributed by atoms with van der Waals surface area (Å²) in [5.74, 6) is 3.14. The van der Waals surface area contributed by atoms with Gasteiger partial charge in [-0.2, -0.15) is 0 Å². The predicted octanol–water partition coefficient (Wildman–Crippen LogP) is 2.98. The normalized spacial score (nSPS) is 16.8. The van der Waals surface area contributed by atoms with Crippen LogP contribution in [0.5, 0.6) is 0 Å². The molecular weight excluding hydrogens is 236 g/mol. The van der Waals surface area contributed by atoms with Crippen molar-refractivity contribution < 1.29 is 0 Å². The lowest BCUT2D eigenvalue weighted by molar-refractivity contribution is 0.532. The van der Waals surface area contributed by atoms with E-state index < -0.39 is 0 Å². The van der Waals surface area contributed by atoms with Gasteiger partial charge in [0.15, 0.2) is 0 Å². The highest BCUT2D eigenvalue weighted by molar-refractivity contribution is 5.47. The summed E-state index contributed by atoms with van der Waals surface area (Å²) in [5, 5.41) is 0. The van der Waals surface area contributed by atoms with Gasteiger partial charge in [-0.05, 0) is 18.8 Å². The number of anilines is 2. The van der Waals surface area contributed by atoms with Crippen LogP contribution in [0.25, 0.3) is 0 Å². The molecule has 0 aromatic carbocycles. The number of aromatic nitrogens is 2. The summed E-state index contributed by atoms with van der Waals surface area (Å²) >= 11 is 0. The van der Waals surface area contributed by atoms with Crippen LogP contribution in [-0.4, -0.2) is 23.6 Å². The van der Waals surface area contributed by atoms with Gasteiger partial charge in [0.1, 0.15) is 17.5 Å². The van der Waals surface area contributed by atoms with Crippen LogP contribution >= 0.6 is 0 Å². The summed E-state index contributed by atoms with van der Waals surface area (Å²) in [6, 6.07) is 1.88. The standard InChI is InChI=1S/C15H26N4/c1-15(2,3)14-17-12(16)9-13(18-14)19(4)10-11-7-5-6-8-11/h9,11H,5-8,10H2,1-4H3,(H2,16,17,18). The van der Waals surface area contributed by atoms with E-state index in [4.69, 9.17) is 5.73 Å². The third-order valence-corrected chi connectivity index (χ3v) is 3.80. The van der Waals surface area contributed by atoms with E-state index in [1.165, 1.54) is 25.7 Å². The average Bonchev–Trinajstić information content (AvgIpc) is 2.79. The van der Waals surface area contributed by atoms with Crippen LogP contribution in [0.4, 0.5) is 11.6 Å². The molecule has 2 N–H and O–H groups in total. The Kier molecular flexibility index (Phi) is 3.97. The van der Waals surface area contributed by atoms with E-state index >= 15 is 0 Å². The third kappa shape index (κ3) is 3.58. The van der Waals surface area contributed by atoms with Gasteiger partial charge in [0.2, 0.25) is 0 Å². The summed E-state index contributed by atoms with van der Waals surface area (Å²) in [7, 11) is 2.10. The van der Waals surface area contributed by atoms with Gasteiger partial charge in [-0.3, -0.25) is 0 Å². The molecule has 4 heteroatoms. The fraction of sp³-hybridized carbons (Fsp3) is 0.733. The molecule has 1 aliphatic carbocycles. The minimum absolute atomic E-state index is 0.0711. The van der Waals surface area contributed by atoms with E-state index in [-0.39, 0.29) is 5.41 Å². The van der Waals surface area contributed by atoms with Crippen molar-refractivity contribution in [3.05, 3.63) is 11.9 Å². The predicted molar refractivity (Wildman–Crippen MR) is 80.4 cm³/mol. The van der Waals surface area contributed by atoms with Gasteiger partial charge < -0.3 is 10.6 Å². The van der Waals surface area contributed by atoms with Crippen molar-refractivity contribution >= 4 is 11.6 Å². The first-order chi connectivity index (χ1) is 8.86. The minimum Gasteiger partial charge on any atom is -0.384 e. The molecule has 0 amide bonds. The Bertz CT molecular complexity index is 430. The molecule has 0 saturated heterocycles. The van der Waals surface area contributed by atoms with Gasteiger partial charge in [0, 0.05) is 25.1 Å². The summed E-state index contributed by atoms with van der Waals surface area (Å²) in [5.41, 5.74) is 5.85. The Hall–Kier alpha value is -1.32. The third-order valence-electron chi connectivity index (χ3n) is 3.80. The topological polar surface area (TPSA) is 55.0 Å². The number of nitrogen functional groups attached to an aromatic ring is 1. The molecule has 4 nitrogen and oxygen atoms in total. The highest BCUT2D eigenvalue weighted by Crippen LogP contribution is 2.27. The quantitative estimate of drug-likeness (QED) is 0.910. The smallest absolute Gasteiger partial charge is 0.138 e. The second-order valence-electron chi connectivity index (χ2n) is 6.76. The number of rotatable bonds is 3. The second kappa shape index (κ2) is 5.35.